The molecule has 0 saturated carbocycles. The maximum atomic E-state index is 13.6. The number of nitrogens with zero attached hydrogens (tertiary/aromatic N) is 2. The van der Waals surface area contributed by atoms with Crippen molar-refractivity contribution >= 4 is 0 Å². The Bertz CT molecular complexity index is 1090. The average molecular weight is 429 g/mol. The van der Waals surface area contributed by atoms with Gasteiger partial charge in [-0.05, 0) is 47.4 Å². The third-order valence-corrected chi connectivity index (χ3v) is 5.58. The zero-order valence-corrected chi connectivity index (χ0v) is 18.1. The fraction of sp³-hybridized carbons (Fsp3) is 0.214. The quantitative estimate of drug-likeness (QED) is 0.372. The first-order chi connectivity index (χ1) is 15.7. The van der Waals surface area contributed by atoms with Crippen molar-refractivity contribution in [3.8, 4) is 0 Å². The molecule has 1 N–H and O–H groups in total. The average Bonchev–Trinajstić information content (AvgIpc) is 3.21. The predicted molar refractivity (Wildman–Crippen MR) is 127 cm³/mol. The van der Waals surface area contributed by atoms with E-state index in [-0.39, 0.29) is 5.82 Å². The van der Waals surface area contributed by atoms with Crippen LogP contribution in [-0.2, 0) is 26.1 Å². The molecule has 32 heavy (non-hydrogen) atoms. The van der Waals surface area contributed by atoms with E-state index in [2.05, 4.69) is 39.8 Å². The number of aromatic nitrogens is 1. The maximum absolute atomic E-state index is 13.6. The van der Waals surface area contributed by atoms with Gasteiger partial charge in [-0.25, -0.2) is 4.39 Å². The van der Waals surface area contributed by atoms with Crippen molar-refractivity contribution in [3.05, 3.63) is 131 Å². The molecule has 0 aliphatic heterocycles. The lowest BCUT2D eigenvalue weighted by Crippen LogP contribution is -2.33. The molecule has 0 aliphatic rings. The van der Waals surface area contributed by atoms with E-state index in [1.807, 2.05) is 54.7 Å². The fourth-order valence-corrected chi connectivity index (χ4v) is 4.08. The summed E-state index contributed by atoms with van der Waals surface area (Å²) in [6.07, 6.45) is 2.19. The molecule has 0 radical (unpaired) electrons. The Labute approximate surface area is 189 Å². The summed E-state index contributed by atoms with van der Waals surface area (Å²) in [6.45, 7) is 2.63. The number of hydrogen-bond acceptors (Lipinski definition) is 2. The molecule has 164 valence electrons. The van der Waals surface area contributed by atoms with E-state index >= 15 is 0 Å². The van der Waals surface area contributed by atoms with Gasteiger partial charge in [-0.3, -0.25) is 4.90 Å². The molecular formula is C28H29FN2O. The van der Waals surface area contributed by atoms with E-state index < -0.39 is 6.10 Å². The van der Waals surface area contributed by atoms with Crippen molar-refractivity contribution in [1.29, 1.82) is 0 Å². The largest absolute Gasteiger partial charge is 0.391 e. The Balaban J connectivity index is 1.48. The van der Waals surface area contributed by atoms with Crippen LogP contribution >= 0.6 is 0 Å². The van der Waals surface area contributed by atoms with E-state index in [0.717, 1.165) is 23.4 Å². The number of aliphatic hydroxyl groups is 1. The normalized spacial score (nSPS) is 12.2. The second-order valence-electron chi connectivity index (χ2n) is 8.26. The summed E-state index contributed by atoms with van der Waals surface area (Å²) in [7, 11) is 0. The Kier molecular flexibility index (Phi) is 7.49. The highest BCUT2D eigenvalue weighted by atomic mass is 19.1. The summed E-state index contributed by atoms with van der Waals surface area (Å²) in [5.41, 5.74) is 4.41. The van der Waals surface area contributed by atoms with Gasteiger partial charge in [-0.15, -0.1) is 0 Å². The molecule has 0 amide bonds. The second kappa shape index (κ2) is 10.9. The van der Waals surface area contributed by atoms with Crippen molar-refractivity contribution in [2.45, 2.75) is 32.2 Å². The van der Waals surface area contributed by atoms with Crippen molar-refractivity contribution in [2.75, 3.05) is 6.54 Å². The molecule has 0 aliphatic carbocycles. The SMILES string of the molecule is OC(Cc1ccccc1)CN(Cc1ccccc1)Cc1cccn1Cc1cccc(F)c1. The van der Waals surface area contributed by atoms with Gasteiger partial charge in [0.05, 0.1) is 6.10 Å². The van der Waals surface area contributed by atoms with Gasteiger partial charge >= 0.3 is 0 Å². The zero-order valence-electron chi connectivity index (χ0n) is 18.1. The van der Waals surface area contributed by atoms with Crippen LogP contribution in [0.4, 0.5) is 4.39 Å². The first-order valence-corrected chi connectivity index (χ1v) is 11.0. The molecule has 0 fully saturated rings. The van der Waals surface area contributed by atoms with Crippen LogP contribution in [0.3, 0.4) is 0 Å². The molecule has 1 heterocycles. The number of aliphatic hydroxyl groups excluding tert-OH is 1. The van der Waals surface area contributed by atoms with E-state index in [0.29, 0.717) is 26.1 Å². The van der Waals surface area contributed by atoms with Crippen molar-refractivity contribution in [2.24, 2.45) is 0 Å². The van der Waals surface area contributed by atoms with Crippen LogP contribution in [0.2, 0.25) is 0 Å². The standard InChI is InChI=1S/C28H29FN2O/c29-26-14-7-13-25(17-26)20-31-16-8-15-27(31)21-30(19-24-11-5-2-6-12-24)22-28(32)18-23-9-3-1-4-10-23/h1-17,28,32H,18-22H2. The first kappa shape index (κ1) is 22.0. The Hall–Kier alpha value is -3.21. The van der Waals surface area contributed by atoms with Crippen LogP contribution in [0.1, 0.15) is 22.4 Å². The van der Waals surface area contributed by atoms with Crippen LogP contribution in [0.25, 0.3) is 0 Å². The van der Waals surface area contributed by atoms with Gasteiger partial charge in [0.2, 0.25) is 0 Å². The summed E-state index contributed by atoms with van der Waals surface area (Å²) in [5.74, 6) is -0.217. The third-order valence-electron chi connectivity index (χ3n) is 5.58. The zero-order chi connectivity index (χ0) is 22.2. The van der Waals surface area contributed by atoms with Crippen molar-refractivity contribution in [3.63, 3.8) is 0 Å². The van der Waals surface area contributed by atoms with Gasteiger partial charge in [0.1, 0.15) is 5.82 Å². The number of halogens is 1. The third kappa shape index (κ3) is 6.39. The number of hydrogen-bond donors (Lipinski definition) is 1. The molecule has 1 aromatic heterocycles. The Morgan fingerprint density at radius 1 is 0.750 bits per heavy atom. The fourth-order valence-electron chi connectivity index (χ4n) is 4.08. The van der Waals surface area contributed by atoms with E-state index in [4.69, 9.17) is 0 Å². The molecule has 0 bridgehead atoms. The lowest BCUT2D eigenvalue weighted by atomic mass is 10.1. The van der Waals surface area contributed by atoms with E-state index in [1.54, 1.807) is 12.1 Å². The van der Waals surface area contributed by atoms with Crippen LogP contribution in [0.15, 0.2) is 103 Å². The van der Waals surface area contributed by atoms with E-state index in [9.17, 15) is 9.50 Å². The van der Waals surface area contributed by atoms with E-state index in [1.165, 1.54) is 11.6 Å². The molecule has 1 atom stereocenters. The summed E-state index contributed by atoms with van der Waals surface area (Å²) in [6, 6.07) is 31.3. The monoisotopic (exact) mass is 428 g/mol. The van der Waals surface area contributed by atoms with Gasteiger partial charge in [0.15, 0.2) is 0 Å². The van der Waals surface area contributed by atoms with Gasteiger partial charge in [0.25, 0.3) is 0 Å². The first-order valence-electron chi connectivity index (χ1n) is 11.0. The molecule has 0 spiro atoms. The van der Waals surface area contributed by atoms with Crippen LogP contribution in [-0.4, -0.2) is 27.2 Å². The highest BCUT2D eigenvalue weighted by Gasteiger charge is 2.15. The molecule has 4 aromatic rings. The molecule has 3 aromatic carbocycles. The van der Waals surface area contributed by atoms with Crippen molar-refractivity contribution < 1.29 is 9.50 Å². The van der Waals surface area contributed by atoms with Gasteiger partial charge in [-0.1, -0.05) is 72.8 Å². The molecular weight excluding hydrogens is 399 g/mol. The highest BCUT2D eigenvalue weighted by Crippen LogP contribution is 2.15. The minimum Gasteiger partial charge on any atom is -0.391 e. The lowest BCUT2D eigenvalue weighted by molar-refractivity contribution is 0.103. The smallest absolute Gasteiger partial charge is 0.123 e. The molecule has 4 rings (SSSR count). The summed E-state index contributed by atoms with van der Waals surface area (Å²) in [4.78, 5) is 2.28. The lowest BCUT2D eigenvalue weighted by Gasteiger charge is -2.26. The predicted octanol–water partition coefficient (Wildman–Crippen LogP) is 5.28. The Morgan fingerprint density at radius 2 is 1.44 bits per heavy atom. The molecule has 1 unspecified atom stereocenters. The second-order valence-corrected chi connectivity index (χ2v) is 8.26. The van der Waals surface area contributed by atoms with Gasteiger partial charge < -0.3 is 9.67 Å². The van der Waals surface area contributed by atoms with Crippen LogP contribution in [0, 0.1) is 5.82 Å². The topological polar surface area (TPSA) is 28.4 Å². The van der Waals surface area contributed by atoms with Crippen molar-refractivity contribution in [1.82, 2.24) is 9.47 Å². The van der Waals surface area contributed by atoms with Crippen LogP contribution < -0.4 is 0 Å². The molecule has 0 saturated heterocycles. The minimum absolute atomic E-state index is 0.217. The number of rotatable bonds is 10. The molecule has 3 nitrogen and oxygen atoms in total. The number of benzene rings is 3. The van der Waals surface area contributed by atoms with Crippen LogP contribution in [0.5, 0.6) is 0 Å². The summed E-state index contributed by atoms with van der Waals surface area (Å²) < 4.78 is 15.8. The summed E-state index contributed by atoms with van der Waals surface area (Å²) >= 11 is 0. The highest BCUT2D eigenvalue weighted by molar-refractivity contribution is 5.20. The molecule has 4 heteroatoms. The Morgan fingerprint density at radius 3 is 2.16 bits per heavy atom. The maximum Gasteiger partial charge on any atom is 0.123 e. The van der Waals surface area contributed by atoms with Gasteiger partial charge in [0, 0.05) is 38.1 Å². The van der Waals surface area contributed by atoms with Gasteiger partial charge in [-0.2, -0.15) is 0 Å². The summed E-state index contributed by atoms with van der Waals surface area (Å²) in [5, 5.41) is 10.8. The minimum atomic E-state index is -0.465.